The Hall–Kier alpha value is -4.19. The molecule has 6 nitrogen and oxygen atoms in total. The molecular weight excluding hydrogens is 476 g/mol. The van der Waals surface area contributed by atoms with E-state index in [0.717, 1.165) is 44.7 Å². The van der Waals surface area contributed by atoms with Gasteiger partial charge in [-0.2, -0.15) is 0 Å². The van der Waals surface area contributed by atoms with Gasteiger partial charge < -0.3 is 24.8 Å². The molecule has 6 heteroatoms. The van der Waals surface area contributed by atoms with Crippen LogP contribution in [-0.4, -0.2) is 41.3 Å². The Bertz CT molecular complexity index is 1400. The standard InChI is InChI=1S/C32H36N2O4/c1-20-25(15-22-16-27(36-5)30(38-7)28(17-22)37-6)24-14-13-23(34(3)4)18-26(24)29(20)32(2,31(33)35)19-21-11-9-8-10-12-21/h8-18H,19H2,1-7H3,(H2,33,35). The Morgan fingerprint density at radius 3 is 2.08 bits per heavy atom. The highest BCUT2D eigenvalue weighted by Crippen LogP contribution is 2.52. The van der Waals surface area contributed by atoms with Crippen molar-refractivity contribution in [3.8, 4) is 17.2 Å². The Kier molecular flexibility index (Phi) is 7.53. The van der Waals surface area contributed by atoms with Crippen molar-refractivity contribution in [1.29, 1.82) is 0 Å². The lowest BCUT2D eigenvalue weighted by Gasteiger charge is -2.30. The van der Waals surface area contributed by atoms with Crippen LogP contribution in [0.3, 0.4) is 0 Å². The van der Waals surface area contributed by atoms with Crippen LogP contribution < -0.4 is 24.8 Å². The molecule has 0 radical (unpaired) electrons. The molecule has 0 aromatic heterocycles. The minimum Gasteiger partial charge on any atom is -0.493 e. The molecule has 0 aliphatic heterocycles. The number of ether oxygens (including phenoxy) is 3. The lowest BCUT2D eigenvalue weighted by atomic mass is 9.73. The summed E-state index contributed by atoms with van der Waals surface area (Å²) < 4.78 is 16.7. The summed E-state index contributed by atoms with van der Waals surface area (Å²) in [6.45, 7) is 4.02. The van der Waals surface area contributed by atoms with Crippen LogP contribution in [0.5, 0.6) is 17.2 Å². The molecule has 0 saturated heterocycles. The van der Waals surface area contributed by atoms with Crippen LogP contribution in [0.2, 0.25) is 0 Å². The van der Waals surface area contributed by atoms with E-state index in [2.05, 4.69) is 36.1 Å². The van der Waals surface area contributed by atoms with E-state index < -0.39 is 5.41 Å². The number of hydrogen-bond donors (Lipinski definition) is 1. The van der Waals surface area contributed by atoms with Gasteiger partial charge in [-0.05, 0) is 89.6 Å². The Morgan fingerprint density at radius 1 is 0.921 bits per heavy atom. The summed E-state index contributed by atoms with van der Waals surface area (Å²) in [5, 5.41) is 0. The molecule has 4 rings (SSSR count). The van der Waals surface area contributed by atoms with Gasteiger partial charge in [-0.15, -0.1) is 0 Å². The van der Waals surface area contributed by atoms with E-state index in [1.807, 2.05) is 63.5 Å². The highest BCUT2D eigenvalue weighted by molar-refractivity contribution is 6.11. The van der Waals surface area contributed by atoms with Gasteiger partial charge in [0.15, 0.2) is 11.5 Å². The van der Waals surface area contributed by atoms with Gasteiger partial charge in [0.25, 0.3) is 0 Å². The molecule has 3 aromatic carbocycles. The van der Waals surface area contributed by atoms with E-state index in [-0.39, 0.29) is 5.91 Å². The fraction of sp³-hybridized carbons (Fsp3) is 0.281. The maximum Gasteiger partial charge on any atom is 0.228 e. The maximum atomic E-state index is 13.2. The van der Waals surface area contributed by atoms with Crippen LogP contribution in [0.15, 0.2) is 66.2 Å². The summed E-state index contributed by atoms with van der Waals surface area (Å²) in [6.07, 6.45) is 2.60. The zero-order valence-electron chi connectivity index (χ0n) is 23.2. The fourth-order valence-electron chi connectivity index (χ4n) is 5.34. The molecule has 198 valence electrons. The van der Waals surface area contributed by atoms with Crippen molar-refractivity contribution in [1.82, 2.24) is 0 Å². The number of carbonyl (C=O) groups is 1. The van der Waals surface area contributed by atoms with Crippen molar-refractivity contribution in [2.75, 3.05) is 40.3 Å². The number of benzene rings is 3. The lowest BCUT2D eigenvalue weighted by Crippen LogP contribution is -2.37. The second-order valence-corrected chi connectivity index (χ2v) is 10.00. The van der Waals surface area contributed by atoms with Crippen molar-refractivity contribution < 1.29 is 19.0 Å². The molecule has 1 aliphatic carbocycles. The first-order chi connectivity index (χ1) is 18.1. The van der Waals surface area contributed by atoms with Crippen LogP contribution in [0.1, 0.15) is 36.1 Å². The predicted molar refractivity (Wildman–Crippen MR) is 155 cm³/mol. The van der Waals surface area contributed by atoms with Crippen molar-refractivity contribution in [3.05, 3.63) is 88.5 Å². The first-order valence-corrected chi connectivity index (χ1v) is 12.5. The SMILES string of the molecule is COc1cc(C=C2C(C)=C(C(C)(Cc3ccccc3)C(N)=O)c3cc(N(C)C)ccc32)cc(OC)c1OC. The Morgan fingerprint density at radius 2 is 1.55 bits per heavy atom. The van der Waals surface area contributed by atoms with E-state index in [9.17, 15) is 4.79 Å². The van der Waals surface area contributed by atoms with Gasteiger partial charge in [-0.1, -0.05) is 36.4 Å². The van der Waals surface area contributed by atoms with Crippen LogP contribution in [0, 0.1) is 5.41 Å². The first-order valence-electron chi connectivity index (χ1n) is 12.5. The van der Waals surface area contributed by atoms with Crippen LogP contribution in [0.4, 0.5) is 5.69 Å². The minimum absolute atomic E-state index is 0.356. The smallest absolute Gasteiger partial charge is 0.228 e. The number of hydrogen-bond acceptors (Lipinski definition) is 5. The quantitative estimate of drug-likeness (QED) is 0.390. The van der Waals surface area contributed by atoms with E-state index in [4.69, 9.17) is 19.9 Å². The number of amides is 1. The number of rotatable bonds is 9. The summed E-state index contributed by atoms with van der Waals surface area (Å²) in [7, 11) is 8.82. The monoisotopic (exact) mass is 512 g/mol. The van der Waals surface area contributed by atoms with E-state index in [1.165, 1.54) is 0 Å². The van der Waals surface area contributed by atoms with Gasteiger partial charge in [-0.25, -0.2) is 0 Å². The number of nitrogens with two attached hydrogens (primary N) is 1. The number of anilines is 1. The van der Waals surface area contributed by atoms with Gasteiger partial charge in [0.05, 0.1) is 26.7 Å². The molecular formula is C32H36N2O4. The predicted octanol–water partition coefficient (Wildman–Crippen LogP) is 5.84. The molecule has 1 atom stereocenters. The summed E-state index contributed by atoms with van der Waals surface area (Å²) in [4.78, 5) is 15.3. The normalized spacial score (nSPS) is 15.2. The van der Waals surface area contributed by atoms with Crippen molar-refractivity contribution in [3.63, 3.8) is 0 Å². The third-order valence-corrected chi connectivity index (χ3v) is 7.35. The highest BCUT2D eigenvalue weighted by atomic mass is 16.5. The third-order valence-electron chi connectivity index (χ3n) is 7.35. The van der Waals surface area contributed by atoms with Gasteiger partial charge >= 0.3 is 0 Å². The molecule has 1 amide bonds. The van der Waals surface area contributed by atoms with Gasteiger partial charge in [-0.3, -0.25) is 4.79 Å². The van der Waals surface area contributed by atoms with Crippen LogP contribution >= 0.6 is 0 Å². The highest BCUT2D eigenvalue weighted by Gasteiger charge is 2.42. The number of nitrogens with zero attached hydrogens (tertiary/aromatic N) is 1. The van der Waals surface area contributed by atoms with E-state index in [0.29, 0.717) is 23.7 Å². The average molecular weight is 513 g/mol. The van der Waals surface area contributed by atoms with Crippen LogP contribution in [0.25, 0.3) is 17.2 Å². The minimum atomic E-state index is -0.921. The topological polar surface area (TPSA) is 74.0 Å². The van der Waals surface area contributed by atoms with Crippen molar-refractivity contribution in [2.24, 2.45) is 11.1 Å². The summed E-state index contributed by atoms with van der Waals surface area (Å²) in [5.41, 5.74) is 13.3. The summed E-state index contributed by atoms with van der Waals surface area (Å²) in [6, 6.07) is 20.2. The molecule has 0 spiro atoms. The summed E-state index contributed by atoms with van der Waals surface area (Å²) in [5.74, 6) is 1.34. The zero-order chi connectivity index (χ0) is 27.6. The molecule has 1 aliphatic rings. The van der Waals surface area contributed by atoms with Gasteiger partial charge in [0.1, 0.15) is 0 Å². The molecule has 1 unspecified atom stereocenters. The summed E-state index contributed by atoms with van der Waals surface area (Å²) >= 11 is 0. The number of primary amides is 1. The van der Waals surface area contributed by atoms with E-state index in [1.54, 1.807) is 21.3 Å². The number of allylic oxidation sites excluding steroid dienone is 2. The molecule has 0 bridgehead atoms. The third kappa shape index (κ3) is 4.74. The second-order valence-electron chi connectivity index (χ2n) is 10.00. The maximum absolute atomic E-state index is 13.2. The number of fused-ring (bicyclic) bond motifs is 1. The van der Waals surface area contributed by atoms with Gasteiger partial charge in [0, 0.05) is 19.8 Å². The van der Waals surface area contributed by atoms with Gasteiger partial charge in [0.2, 0.25) is 11.7 Å². The Labute approximate surface area is 225 Å². The fourth-order valence-corrected chi connectivity index (χ4v) is 5.34. The number of carbonyl (C=O) groups excluding carboxylic acids is 1. The lowest BCUT2D eigenvalue weighted by molar-refractivity contribution is -0.124. The van der Waals surface area contributed by atoms with Crippen LogP contribution in [-0.2, 0) is 11.2 Å². The Balaban J connectivity index is 1.97. The second kappa shape index (κ2) is 10.7. The molecule has 0 saturated carbocycles. The average Bonchev–Trinajstić information content (AvgIpc) is 3.18. The molecule has 0 heterocycles. The van der Waals surface area contributed by atoms with Crippen molar-refractivity contribution >= 4 is 28.8 Å². The molecule has 38 heavy (non-hydrogen) atoms. The number of methoxy groups -OCH3 is 3. The van der Waals surface area contributed by atoms with E-state index >= 15 is 0 Å². The van der Waals surface area contributed by atoms with Crippen molar-refractivity contribution in [2.45, 2.75) is 20.3 Å². The first kappa shape index (κ1) is 26.9. The molecule has 2 N–H and O–H groups in total. The zero-order valence-corrected chi connectivity index (χ0v) is 23.2. The molecule has 3 aromatic rings. The largest absolute Gasteiger partial charge is 0.493 e. The molecule has 0 fully saturated rings.